The van der Waals surface area contributed by atoms with Crippen molar-refractivity contribution >= 4 is 15.9 Å². The Morgan fingerprint density at radius 1 is 1.42 bits per heavy atom. The molecule has 1 aliphatic heterocycles. The third kappa shape index (κ3) is 3.26. The lowest BCUT2D eigenvalue weighted by atomic mass is 10.00. The van der Waals surface area contributed by atoms with E-state index in [1.54, 1.807) is 0 Å². The fourth-order valence-electron chi connectivity index (χ4n) is 2.15. The molecule has 0 spiro atoms. The molecule has 0 fully saturated rings. The first-order valence-electron chi connectivity index (χ1n) is 6.51. The molecule has 1 aromatic carbocycles. The predicted molar refractivity (Wildman–Crippen MR) is 76.7 cm³/mol. The standard InChI is InChI=1S/C13H21N3O2S/c1-10(2)8-15-19(17,18)16-7-6-11-4-3-5-13(14)12(11)9-16/h3-5,10,15H,6-9,14H2,1-2H3. The minimum absolute atomic E-state index is 0.289. The first-order valence-corrected chi connectivity index (χ1v) is 7.95. The van der Waals surface area contributed by atoms with Crippen LogP contribution in [0.4, 0.5) is 5.69 Å². The van der Waals surface area contributed by atoms with Crippen LogP contribution in [0.2, 0.25) is 0 Å². The van der Waals surface area contributed by atoms with Crippen LogP contribution in [-0.4, -0.2) is 25.8 Å². The zero-order chi connectivity index (χ0) is 14.0. The van der Waals surface area contributed by atoms with Gasteiger partial charge in [0.1, 0.15) is 0 Å². The summed E-state index contributed by atoms with van der Waals surface area (Å²) in [5, 5.41) is 0. The van der Waals surface area contributed by atoms with E-state index in [0.717, 1.165) is 11.1 Å². The van der Waals surface area contributed by atoms with E-state index in [9.17, 15) is 8.42 Å². The molecule has 0 bridgehead atoms. The van der Waals surface area contributed by atoms with Crippen molar-refractivity contribution in [1.82, 2.24) is 9.03 Å². The highest BCUT2D eigenvalue weighted by molar-refractivity contribution is 7.87. The number of nitrogen functional groups attached to an aromatic ring is 1. The van der Waals surface area contributed by atoms with Crippen LogP contribution in [0.15, 0.2) is 18.2 Å². The van der Waals surface area contributed by atoms with Crippen LogP contribution in [0.5, 0.6) is 0 Å². The molecule has 0 saturated carbocycles. The minimum atomic E-state index is -3.41. The Morgan fingerprint density at radius 3 is 2.84 bits per heavy atom. The molecule has 3 N–H and O–H groups in total. The maximum absolute atomic E-state index is 12.2. The first-order chi connectivity index (χ1) is 8.90. The van der Waals surface area contributed by atoms with Gasteiger partial charge in [0.15, 0.2) is 0 Å². The number of hydrogen-bond donors (Lipinski definition) is 2. The molecule has 6 heteroatoms. The Balaban J connectivity index is 2.15. The van der Waals surface area contributed by atoms with Crippen molar-refractivity contribution in [1.29, 1.82) is 0 Å². The molecule has 1 aliphatic rings. The van der Waals surface area contributed by atoms with Gasteiger partial charge >= 0.3 is 0 Å². The number of nitrogens with two attached hydrogens (primary N) is 1. The largest absolute Gasteiger partial charge is 0.398 e. The number of fused-ring (bicyclic) bond motifs is 1. The number of hydrogen-bond acceptors (Lipinski definition) is 3. The lowest BCUT2D eigenvalue weighted by Gasteiger charge is -2.29. The SMILES string of the molecule is CC(C)CNS(=O)(=O)N1CCc2cccc(N)c2C1. The molecule has 0 radical (unpaired) electrons. The normalized spacial score (nSPS) is 16.6. The van der Waals surface area contributed by atoms with Crippen molar-refractivity contribution in [2.24, 2.45) is 5.92 Å². The molecule has 0 amide bonds. The molecular weight excluding hydrogens is 262 g/mol. The summed E-state index contributed by atoms with van der Waals surface area (Å²) in [5.41, 5.74) is 8.68. The monoisotopic (exact) mass is 283 g/mol. The Morgan fingerprint density at radius 2 is 2.16 bits per heavy atom. The fourth-order valence-corrected chi connectivity index (χ4v) is 3.51. The van der Waals surface area contributed by atoms with Gasteiger partial charge in [-0.2, -0.15) is 12.7 Å². The Labute approximate surface area is 115 Å². The van der Waals surface area contributed by atoms with E-state index >= 15 is 0 Å². The highest BCUT2D eigenvalue weighted by atomic mass is 32.2. The molecule has 2 rings (SSSR count). The highest BCUT2D eigenvalue weighted by Crippen LogP contribution is 2.25. The third-order valence-electron chi connectivity index (χ3n) is 3.29. The summed E-state index contributed by atoms with van der Waals surface area (Å²) < 4.78 is 28.5. The van der Waals surface area contributed by atoms with E-state index < -0.39 is 10.2 Å². The van der Waals surface area contributed by atoms with Gasteiger partial charge in [-0.1, -0.05) is 26.0 Å². The zero-order valence-corrected chi connectivity index (χ0v) is 12.2. The number of rotatable bonds is 4. The van der Waals surface area contributed by atoms with E-state index in [4.69, 9.17) is 5.73 Å². The van der Waals surface area contributed by atoms with E-state index in [1.807, 2.05) is 32.0 Å². The number of nitrogens with zero attached hydrogens (tertiary/aromatic N) is 1. The van der Waals surface area contributed by atoms with Gasteiger partial charge in [-0.25, -0.2) is 4.72 Å². The molecular formula is C13H21N3O2S. The van der Waals surface area contributed by atoms with Crippen molar-refractivity contribution in [3.05, 3.63) is 29.3 Å². The molecule has 0 unspecified atom stereocenters. The van der Waals surface area contributed by atoms with Crippen molar-refractivity contribution in [2.45, 2.75) is 26.8 Å². The van der Waals surface area contributed by atoms with Crippen LogP contribution in [0.1, 0.15) is 25.0 Å². The molecule has 19 heavy (non-hydrogen) atoms. The molecule has 5 nitrogen and oxygen atoms in total. The van der Waals surface area contributed by atoms with Gasteiger partial charge in [0.05, 0.1) is 0 Å². The Bertz CT molecular complexity index is 555. The topological polar surface area (TPSA) is 75.4 Å². The van der Waals surface area contributed by atoms with Gasteiger partial charge < -0.3 is 5.73 Å². The van der Waals surface area contributed by atoms with Crippen LogP contribution in [-0.2, 0) is 23.2 Å². The highest BCUT2D eigenvalue weighted by Gasteiger charge is 2.27. The van der Waals surface area contributed by atoms with Crippen LogP contribution in [0.3, 0.4) is 0 Å². The first kappa shape index (κ1) is 14.3. The van der Waals surface area contributed by atoms with Gasteiger partial charge in [0, 0.05) is 25.3 Å². The second-order valence-corrected chi connectivity index (χ2v) is 7.07. The van der Waals surface area contributed by atoms with Gasteiger partial charge in [0.2, 0.25) is 0 Å². The molecule has 0 aliphatic carbocycles. The summed E-state index contributed by atoms with van der Waals surface area (Å²) in [7, 11) is -3.41. The van der Waals surface area contributed by atoms with Gasteiger partial charge in [-0.05, 0) is 29.5 Å². The number of benzene rings is 1. The lowest BCUT2D eigenvalue weighted by molar-refractivity contribution is 0.382. The fraction of sp³-hybridized carbons (Fsp3) is 0.538. The number of anilines is 1. The van der Waals surface area contributed by atoms with E-state index in [2.05, 4.69) is 4.72 Å². The summed E-state index contributed by atoms with van der Waals surface area (Å²) in [6.07, 6.45) is 0.711. The second-order valence-electron chi connectivity index (χ2n) is 5.32. The van der Waals surface area contributed by atoms with Gasteiger partial charge in [-0.3, -0.25) is 0 Å². The van der Waals surface area contributed by atoms with Gasteiger partial charge in [0.25, 0.3) is 10.2 Å². The summed E-state index contributed by atoms with van der Waals surface area (Å²) in [6, 6.07) is 5.74. The molecule has 106 valence electrons. The maximum atomic E-state index is 12.2. The van der Waals surface area contributed by atoms with Crippen LogP contribution < -0.4 is 10.5 Å². The van der Waals surface area contributed by atoms with Crippen molar-refractivity contribution in [3.63, 3.8) is 0 Å². The van der Waals surface area contributed by atoms with Crippen LogP contribution >= 0.6 is 0 Å². The average Bonchev–Trinajstić information content (AvgIpc) is 2.37. The molecule has 1 aromatic rings. The van der Waals surface area contributed by atoms with E-state index in [0.29, 0.717) is 31.7 Å². The quantitative estimate of drug-likeness (QED) is 0.813. The predicted octanol–water partition coefficient (Wildman–Crippen LogP) is 1.12. The third-order valence-corrected chi connectivity index (χ3v) is 4.81. The summed E-state index contributed by atoms with van der Waals surface area (Å²) >= 11 is 0. The Kier molecular flexibility index (Phi) is 4.13. The van der Waals surface area contributed by atoms with Crippen LogP contribution in [0, 0.1) is 5.92 Å². The summed E-state index contributed by atoms with van der Waals surface area (Å²) in [4.78, 5) is 0. The average molecular weight is 283 g/mol. The molecule has 0 aromatic heterocycles. The van der Waals surface area contributed by atoms with Crippen molar-refractivity contribution < 1.29 is 8.42 Å². The van der Waals surface area contributed by atoms with Crippen molar-refractivity contribution in [2.75, 3.05) is 18.8 Å². The number of nitrogens with one attached hydrogen (secondary N) is 1. The van der Waals surface area contributed by atoms with E-state index in [1.165, 1.54) is 4.31 Å². The van der Waals surface area contributed by atoms with Gasteiger partial charge in [-0.15, -0.1) is 0 Å². The second kappa shape index (κ2) is 5.48. The Hall–Kier alpha value is -1.11. The van der Waals surface area contributed by atoms with Crippen molar-refractivity contribution in [3.8, 4) is 0 Å². The van der Waals surface area contributed by atoms with E-state index in [-0.39, 0.29) is 5.92 Å². The molecule has 0 saturated heterocycles. The molecule has 1 heterocycles. The summed E-state index contributed by atoms with van der Waals surface area (Å²) in [5.74, 6) is 0.289. The molecule has 0 atom stereocenters. The zero-order valence-electron chi connectivity index (χ0n) is 11.4. The maximum Gasteiger partial charge on any atom is 0.279 e. The minimum Gasteiger partial charge on any atom is -0.398 e. The lowest BCUT2D eigenvalue weighted by Crippen LogP contribution is -2.44. The summed E-state index contributed by atoms with van der Waals surface area (Å²) in [6.45, 7) is 5.27. The smallest absolute Gasteiger partial charge is 0.279 e. The van der Waals surface area contributed by atoms with Crippen LogP contribution in [0.25, 0.3) is 0 Å².